The van der Waals surface area contributed by atoms with Crippen molar-refractivity contribution in [1.82, 2.24) is 4.72 Å². The molecule has 1 atom stereocenters. The van der Waals surface area contributed by atoms with Gasteiger partial charge in [0.2, 0.25) is 15.9 Å². The highest BCUT2D eigenvalue weighted by molar-refractivity contribution is 7.89. The van der Waals surface area contributed by atoms with Crippen molar-refractivity contribution in [1.29, 1.82) is 0 Å². The van der Waals surface area contributed by atoms with Crippen LogP contribution in [-0.2, 0) is 25.0 Å². The molecule has 2 N–H and O–H groups in total. The van der Waals surface area contributed by atoms with Crippen LogP contribution in [0.1, 0.15) is 32.3 Å². The number of nitrogens with one attached hydrogen (secondary N) is 2. The van der Waals surface area contributed by atoms with Gasteiger partial charge in [-0.3, -0.25) is 4.79 Å². The third-order valence-corrected chi connectivity index (χ3v) is 5.74. The summed E-state index contributed by atoms with van der Waals surface area (Å²) < 4.78 is 32.8. The Morgan fingerprint density at radius 2 is 2.18 bits per heavy atom. The molecule has 2 aliphatic rings. The lowest BCUT2D eigenvalue weighted by molar-refractivity contribution is -0.119. The van der Waals surface area contributed by atoms with Crippen LogP contribution < -0.4 is 10.0 Å². The van der Waals surface area contributed by atoms with E-state index in [-0.39, 0.29) is 23.5 Å². The van der Waals surface area contributed by atoms with Gasteiger partial charge in [-0.2, -0.15) is 0 Å². The molecule has 0 aromatic heterocycles. The molecule has 7 heteroatoms. The molecule has 120 valence electrons. The molecule has 1 aromatic rings. The Hall–Kier alpha value is -1.44. The van der Waals surface area contributed by atoms with Crippen LogP contribution in [0.5, 0.6) is 0 Å². The number of hydrogen-bond acceptors (Lipinski definition) is 4. The molecule has 1 saturated heterocycles. The number of fused-ring (bicyclic) bond motifs is 1. The van der Waals surface area contributed by atoms with E-state index in [4.69, 9.17) is 4.74 Å². The second-order valence-electron chi connectivity index (χ2n) is 6.27. The lowest BCUT2D eigenvalue weighted by Gasteiger charge is -2.16. The summed E-state index contributed by atoms with van der Waals surface area (Å²) in [6.45, 7) is 4.53. The minimum atomic E-state index is -3.61. The number of benzene rings is 1. The zero-order valence-electron chi connectivity index (χ0n) is 12.7. The quantitative estimate of drug-likeness (QED) is 0.876. The fourth-order valence-corrected chi connectivity index (χ4v) is 3.90. The van der Waals surface area contributed by atoms with Crippen molar-refractivity contribution in [2.24, 2.45) is 0 Å². The first-order valence-corrected chi connectivity index (χ1v) is 8.86. The molecule has 0 radical (unpaired) electrons. The first kappa shape index (κ1) is 15.5. The van der Waals surface area contributed by atoms with Gasteiger partial charge >= 0.3 is 0 Å². The zero-order chi connectivity index (χ0) is 16.0. The highest BCUT2D eigenvalue weighted by Crippen LogP contribution is 2.38. The van der Waals surface area contributed by atoms with Crippen molar-refractivity contribution in [3.05, 3.63) is 23.8 Å². The van der Waals surface area contributed by atoms with E-state index in [0.717, 1.165) is 12.8 Å². The van der Waals surface area contributed by atoms with Gasteiger partial charge in [-0.25, -0.2) is 13.1 Å². The Labute approximate surface area is 130 Å². The number of sulfonamides is 1. The molecule has 0 saturated carbocycles. The Bertz CT molecular complexity index is 706. The van der Waals surface area contributed by atoms with Gasteiger partial charge in [-0.1, -0.05) is 0 Å². The Morgan fingerprint density at radius 1 is 1.41 bits per heavy atom. The Kier molecular flexibility index (Phi) is 3.74. The number of hydrogen-bond donors (Lipinski definition) is 2. The van der Waals surface area contributed by atoms with Crippen LogP contribution in [0, 0.1) is 0 Å². The predicted octanol–water partition coefficient (Wildman–Crippen LogP) is 1.37. The lowest BCUT2D eigenvalue weighted by atomic mass is 9.86. The van der Waals surface area contributed by atoms with E-state index in [1.54, 1.807) is 26.0 Å². The Balaban J connectivity index is 1.83. The van der Waals surface area contributed by atoms with Gasteiger partial charge in [0.05, 0.1) is 16.4 Å². The van der Waals surface area contributed by atoms with Gasteiger partial charge in [-0.15, -0.1) is 0 Å². The van der Waals surface area contributed by atoms with Crippen molar-refractivity contribution in [3.8, 4) is 0 Å². The predicted molar refractivity (Wildman–Crippen MR) is 82.3 cm³/mol. The Morgan fingerprint density at radius 3 is 2.86 bits per heavy atom. The molecule has 1 fully saturated rings. The van der Waals surface area contributed by atoms with Gasteiger partial charge in [0, 0.05) is 18.8 Å². The van der Waals surface area contributed by atoms with Crippen LogP contribution in [0.25, 0.3) is 0 Å². The second kappa shape index (κ2) is 5.33. The van der Waals surface area contributed by atoms with Crippen molar-refractivity contribution >= 4 is 21.6 Å². The average Bonchev–Trinajstić information content (AvgIpc) is 3.05. The van der Waals surface area contributed by atoms with Crippen molar-refractivity contribution in [2.45, 2.75) is 43.1 Å². The van der Waals surface area contributed by atoms with Crippen molar-refractivity contribution in [3.63, 3.8) is 0 Å². The summed E-state index contributed by atoms with van der Waals surface area (Å²) in [5.41, 5.74) is 0.653. The summed E-state index contributed by atoms with van der Waals surface area (Å²) in [6, 6.07) is 4.73. The molecular formula is C15H20N2O4S. The molecule has 0 unspecified atom stereocenters. The SMILES string of the molecule is CC1(C)C(=O)Nc2ccc(S(=O)(=O)NC[C@H]3CCCO3)cc21. The van der Waals surface area contributed by atoms with Gasteiger partial charge in [0.25, 0.3) is 0 Å². The normalized spacial score (nSPS) is 23.4. The third kappa shape index (κ3) is 2.64. The van der Waals surface area contributed by atoms with E-state index in [0.29, 0.717) is 17.9 Å². The number of carbonyl (C=O) groups excluding carboxylic acids is 1. The van der Waals surface area contributed by atoms with Crippen molar-refractivity contribution in [2.75, 3.05) is 18.5 Å². The summed E-state index contributed by atoms with van der Waals surface area (Å²) >= 11 is 0. The summed E-state index contributed by atoms with van der Waals surface area (Å²) in [6.07, 6.45) is 1.79. The number of rotatable bonds is 4. The molecule has 2 heterocycles. The number of anilines is 1. The van der Waals surface area contributed by atoms with Gasteiger partial charge < -0.3 is 10.1 Å². The number of carbonyl (C=O) groups is 1. The monoisotopic (exact) mass is 324 g/mol. The summed E-state index contributed by atoms with van der Waals surface area (Å²) in [5, 5.41) is 2.77. The van der Waals surface area contributed by atoms with Crippen LogP contribution in [0.2, 0.25) is 0 Å². The van der Waals surface area contributed by atoms with Gasteiger partial charge in [-0.05, 0) is 50.5 Å². The zero-order valence-corrected chi connectivity index (χ0v) is 13.5. The van der Waals surface area contributed by atoms with Gasteiger partial charge in [0.15, 0.2) is 0 Å². The van der Waals surface area contributed by atoms with E-state index in [1.807, 2.05) is 0 Å². The molecule has 22 heavy (non-hydrogen) atoms. The maximum atomic E-state index is 12.4. The molecule has 1 amide bonds. The van der Waals surface area contributed by atoms with E-state index >= 15 is 0 Å². The van der Waals surface area contributed by atoms with E-state index in [1.165, 1.54) is 6.07 Å². The highest BCUT2D eigenvalue weighted by Gasteiger charge is 2.39. The number of amides is 1. The highest BCUT2D eigenvalue weighted by atomic mass is 32.2. The minimum absolute atomic E-state index is 0.0520. The van der Waals surface area contributed by atoms with Crippen molar-refractivity contribution < 1.29 is 17.9 Å². The molecule has 3 rings (SSSR count). The fourth-order valence-electron chi connectivity index (χ4n) is 2.81. The second-order valence-corrected chi connectivity index (χ2v) is 8.04. The van der Waals surface area contributed by atoms with E-state index in [9.17, 15) is 13.2 Å². The molecule has 0 aliphatic carbocycles. The molecule has 0 spiro atoms. The molecule has 6 nitrogen and oxygen atoms in total. The third-order valence-electron chi connectivity index (χ3n) is 4.32. The minimum Gasteiger partial charge on any atom is -0.377 e. The van der Waals surface area contributed by atoms with Gasteiger partial charge in [0.1, 0.15) is 0 Å². The smallest absolute Gasteiger partial charge is 0.240 e. The molecule has 0 bridgehead atoms. The first-order chi connectivity index (χ1) is 10.3. The largest absolute Gasteiger partial charge is 0.377 e. The molecule has 1 aromatic carbocycles. The van der Waals surface area contributed by atoms with E-state index < -0.39 is 15.4 Å². The lowest BCUT2D eigenvalue weighted by Crippen LogP contribution is -2.32. The van der Waals surface area contributed by atoms with E-state index in [2.05, 4.69) is 10.0 Å². The van der Waals surface area contributed by atoms with Crippen LogP contribution in [0.15, 0.2) is 23.1 Å². The molecular weight excluding hydrogens is 304 g/mol. The topological polar surface area (TPSA) is 84.5 Å². The number of ether oxygens (including phenoxy) is 1. The summed E-state index contributed by atoms with van der Waals surface area (Å²) in [5.74, 6) is -0.121. The van der Waals surface area contributed by atoms with Crippen LogP contribution in [-0.4, -0.2) is 33.6 Å². The maximum absolute atomic E-state index is 12.4. The summed E-state index contributed by atoms with van der Waals surface area (Å²) in [7, 11) is -3.61. The van der Waals surface area contributed by atoms with Crippen LogP contribution in [0.4, 0.5) is 5.69 Å². The first-order valence-electron chi connectivity index (χ1n) is 7.38. The maximum Gasteiger partial charge on any atom is 0.240 e. The van der Waals surface area contributed by atoms with Crippen LogP contribution >= 0.6 is 0 Å². The van der Waals surface area contributed by atoms with Crippen LogP contribution in [0.3, 0.4) is 0 Å². The standard InChI is InChI=1S/C15H20N2O4S/c1-15(2)12-8-11(5-6-13(12)17-14(15)18)22(19,20)16-9-10-4-3-7-21-10/h5-6,8,10,16H,3-4,7,9H2,1-2H3,(H,17,18)/t10-/m1/s1. The fraction of sp³-hybridized carbons (Fsp3) is 0.533. The summed E-state index contributed by atoms with van der Waals surface area (Å²) in [4.78, 5) is 12.1. The average molecular weight is 324 g/mol. The molecule has 2 aliphatic heterocycles.